The highest BCUT2D eigenvalue weighted by Crippen LogP contribution is 2.13. The Morgan fingerprint density at radius 3 is 2.86 bits per heavy atom. The van der Waals surface area contributed by atoms with Gasteiger partial charge in [0.2, 0.25) is 5.91 Å². The highest BCUT2D eigenvalue weighted by Gasteiger charge is 2.30. The summed E-state index contributed by atoms with van der Waals surface area (Å²) in [6.07, 6.45) is 0.597. The van der Waals surface area contributed by atoms with Crippen LogP contribution in [0.2, 0.25) is 0 Å². The molecule has 82 valence electrons. The maximum atomic E-state index is 12.6. The zero-order chi connectivity index (χ0) is 10.6. The third-order valence-corrected chi connectivity index (χ3v) is 2.12. The topological polar surface area (TPSA) is 64.3 Å². The first-order valence-corrected chi connectivity index (χ1v) is 4.48. The zero-order valence-corrected chi connectivity index (χ0v) is 7.76. The third-order valence-electron chi connectivity index (χ3n) is 2.12. The minimum Gasteiger partial charge on any atom is -0.381 e. The molecule has 1 aliphatic heterocycles. The molecule has 4 nitrogen and oxygen atoms in total. The molecule has 1 amide bonds. The van der Waals surface area contributed by atoms with Gasteiger partial charge in [0, 0.05) is 6.61 Å². The molecule has 0 radical (unpaired) electrons. The molecule has 0 saturated carbocycles. The highest BCUT2D eigenvalue weighted by molar-refractivity contribution is 5.79. The minimum absolute atomic E-state index is 0.288. The molecule has 14 heavy (non-hydrogen) atoms. The van der Waals surface area contributed by atoms with Crippen molar-refractivity contribution in [2.45, 2.75) is 12.3 Å². The van der Waals surface area contributed by atoms with E-state index in [-0.39, 0.29) is 11.8 Å². The van der Waals surface area contributed by atoms with E-state index in [1.165, 1.54) is 0 Å². The van der Waals surface area contributed by atoms with Crippen molar-refractivity contribution >= 4 is 5.91 Å². The predicted molar refractivity (Wildman–Crippen MR) is 45.9 cm³/mol. The number of ether oxygens (including phenoxy) is 1. The summed E-state index contributed by atoms with van der Waals surface area (Å²) in [5, 5.41) is 2.17. The summed E-state index contributed by atoms with van der Waals surface area (Å²) in [5.74, 6) is -3.69. The van der Waals surface area contributed by atoms with E-state index in [0.717, 1.165) is 0 Å². The number of halogens is 2. The lowest BCUT2D eigenvalue weighted by Gasteiger charge is -2.16. The summed E-state index contributed by atoms with van der Waals surface area (Å²) >= 11 is 0. The molecular formula is C8H14F2N2O2. The van der Waals surface area contributed by atoms with Gasteiger partial charge in [-0.05, 0) is 6.42 Å². The van der Waals surface area contributed by atoms with Crippen molar-refractivity contribution in [2.75, 3.05) is 26.3 Å². The summed E-state index contributed by atoms with van der Waals surface area (Å²) in [4.78, 5) is 11.2. The van der Waals surface area contributed by atoms with Crippen LogP contribution in [0.15, 0.2) is 0 Å². The lowest BCUT2D eigenvalue weighted by Crippen LogP contribution is -2.43. The van der Waals surface area contributed by atoms with E-state index in [2.05, 4.69) is 5.32 Å². The standard InChI is InChI=1S/C8H14F2N2O2/c9-8(10,4-11)5-12-7(13)6-1-2-14-3-6/h6H,1-5,11H2,(H,12,13). The fourth-order valence-electron chi connectivity index (χ4n) is 1.17. The summed E-state index contributed by atoms with van der Waals surface area (Å²) in [7, 11) is 0. The Kier molecular flexibility index (Phi) is 3.77. The zero-order valence-electron chi connectivity index (χ0n) is 7.76. The summed E-state index contributed by atoms with van der Waals surface area (Å²) in [5.41, 5.74) is 4.82. The third kappa shape index (κ3) is 3.19. The Bertz CT molecular complexity index is 206. The number of hydrogen-bond acceptors (Lipinski definition) is 3. The van der Waals surface area contributed by atoms with Gasteiger partial charge in [0.05, 0.1) is 25.6 Å². The first kappa shape index (κ1) is 11.3. The van der Waals surface area contributed by atoms with Crippen LogP contribution in [0.4, 0.5) is 8.78 Å². The monoisotopic (exact) mass is 208 g/mol. The molecule has 1 aliphatic rings. The van der Waals surface area contributed by atoms with Crippen LogP contribution < -0.4 is 11.1 Å². The van der Waals surface area contributed by atoms with Crippen molar-refractivity contribution in [3.8, 4) is 0 Å². The molecule has 1 heterocycles. The average Bonchev–Trinajstić information content (AvgIpc) is 2.67. The van der Waals surface area contributed by atoms with Gasteiger partial charge in [0.15, 0.2) is 0 Å². The molecule has 1 rings (SSSR count). The van der Waals surface area contributed by atoms with Gasteiger partial charge in [-0.15, -0.1) is 0 Å². The van der Waals surface area contributed by atoms with Gasteiger partial charge >= 0.3 is 0 Å². The molecule has 3 N–H and O–H groups in total. The van der Waals surface area contributed by atoms with Crippen molar-refractivity contribution in [1.29, 1.82) is 0 Å². The van der Waals surface area contributed by atoms with E-state index in [1.807, 2.05) is 0 Å². The molecule has 0 aliphatic carbocycles. The van der Waals surface area contributed by atoms with Crippen molar-refractivity contribution < 1.29 is 18.3 Å². The minimum atomic E-state index is -3.02. The molecule has 1 saturated heterocycles. The summed E-state index contributed by atoms with van der Waals surface area (Å²) < 4.78 is 30.2. The average molecular weight is 208 g/mol. The van der Waals surface area contributed by atoms with E-state index >= 15 is 0 Å². The lowest BCUT2D eigenvalue weighted by molar-refractivity contribution is -0.126. The summed E-state index contributed by atoms with van der Waals surface area (Å²) in [6, 6.07) is 0. The predicted octanol–water partition coefficient (Wildman–Crippen LogP) is -0.267. The second kappa shape index (κ2) is 4.65. The Labute approximate surface area is 80.8 Å². The van der Waals surface area contributed by atoms with Crippen molar-refractivity contribution in [3.63, 3.8) is 0 Å². The largest absolute Gasteiger partial charge is 0.381 e. The first-order chi connectivity index (χ1) is 6.55. The number of alkyl halides is 2. The molecule has 0 aromatic heterocycles. The van der Waals surface area contributed by atoms with Crippen LogP contribution >= 0.6 is 0 Å². The number of rotatable bonds is 4. The van der Waals surface area contributed by atoms with Gasteiger partial charge in [-0.2, -0.15) is 0 Å². The number of nitrogens with one attached hydrogen (secondary N) is 1. The SMILES string of the molecule is NCC(F)(F)CNC(=O)C1CCOC1. The normalized spacial score (nSPS) is 22.4. The fraction of sp³-hybridized carbons (Fsp3) is 0.875. The number of nitrogens with two attached hydrogens (primary N) is 1. The van der Waals surface area contributed by atoms with Crippen LogP contribution in [-0.2, 0) is 9.53 Å². The maximum absolute atomic E-state index is 12.6. The molecule has 1 atom stereocenters. The number of carbonyl (C=O) groups excluding carboxylic acids is 1. The Morgan fingerprint density at radius 1 is 1.64 bits per heavy atom. The van der Waals surface area contributed by atoms with Crippen LogP contribution in [0.25, 0.3) is 0 Å². The Morgan fingerprint density at radius 2 is 2.36 bits per heavy atom. The van der Waals surface area contributed by atoms with Crippen LogP contribution in [-0.4, -0.2) is 38.1 Å². The van der Waals surface area contributed by atoms with Crippen LogP contribution in [0.3, 0.4) is 0 Å². The molecule has 0 aromatic carbocycles. The smallest absolute Gasteiger partial charge is 0.277 e. The molecule has 0 bridgehead atoms. The van der Waals surface area contributed by atoms with Crippen molar-refractivity contribution in [3.05, 3.63) is 0 Å². The molecule has 6 heteroatoms. The van der Waals surface area contributed by atoms with Crippen molar-refractivity contribution in [1.82, 2.24) is 5.32 Å². The van der Waals surface area contributed by atoms with E-state index < -0.39 is 19.0 Å². The van der Waals surface area contributed by atoms with Crippen molar-refractivity contribution in [2.24, 2.45) is 11.7 Å². The van der Waals surface area contributed by atoms with Crippen LogP contribution in [0.1, 0.15) is 6.42 Å². The Hall–Kier alpha value is -0.750. The number of amides is 1. The number of carbonyl (C=O) groups is 1. The van der Waals surface area contributed by atoms with Crippen LogP contribution in [0, 0.1) is 5.92 Å². The number of hydrogen-bond donors (Lipinski definition) is 2. The van der Waals surface area contributed by atoms with Gasteiger partial charge < -0.3 is 15.8 Å². The van der Waals surface area contributed by atoms with E-state index in [0.29, 0.717) is 19.6 Å². The molecule has 0 aromatic rings. The summed E-state index contributed by atoms with van der Waals surface area (Å²) in [6.45, 7) is -0.612. The lowest BCUT2D eigenvalue weighted by atomic mass is 10.1. The van der Waals surface area contributed by atoms with E-state index in [4.69, 9.17) is 10.5 Å². The molecule has 0 spiro atoms. The maximum Gasteiger partial charge on any atom is 0.277 e. The second-order valence-electron chi connectivity index (χ2n) is 3.34. The van der Waals surface area contributed by atoms with Gasteiger partial charge in [0.1, 0.15) is 0 Å². The Balaban J connectivity index is 2.27. The van der Waals surface area contributed by atoms with Crippen LogP contribution in [0.5, 0.6) is 0 Å². The van der Waals surface area contributed by atoms with Gasteiger partial charge in [0.25, 0.3) is 5.92 Å². The van der Waals surface area contributed by atoms with E-state index in [1.54, 1.807) is 0 Å². The van der Waals surface area contributed by atoms with E-state index in [9.17, 15) is 13.6 Å². The second-order valence-corrected chi connectivity index (χ2v) is 3.34. The van der Waals surface area contributed by atoms with Gasteiger partial charge in [-0.1, -0.05) is 0 Å². The molecule has 1 unspecified atom stereocenters. The van der Waals surface area contributed by atoms with Gasteiger partial charge in [-0.3, -0.25) is 4.79 Å². The highest BCUT2D eigenvalue weighted by atomic mass is 19.3. The quantitative estimate of drug-likeness (QED) is 0.668. The fourth-order valence-corrected chi connectivity index (χ4v) is 1.17. The van der Waals surface area contributed by atoms with Gasteiger partial charge in [-0.25, -0.2) is 8.78 Å². The molecule has 1 fully saturated rings. The molecular weight excluding hydrogens is 194 g/mol. The first-order valence-electron chi connectivity index (χ1n) is 4.48.